The summed E-state index contributed by atoms with van der Waals surface area (Å²) in [4.78, 5) is 0. The molecule has 0 N–H and O–H groups in total. The normalized spacial score (nSPS) is 11.2. The van der Waals surface area contributed by atoms with Crippen LogP contribution in [0.5, 0.6) is 0 Å². The summed E-state index contributed by atoms with van der Waals surface area (Å²) in [7, 11) is 0. The number of allylic oxidation sites excluding steroid dienone is 1. The summed E-state index contributed by atoms with van der Waals surface area (Å²) in [6.07, 6.45) is 5.48. The molecule has 0 aromatic heterocycles. The molecule has 0 heteroatoms. The molecule has 0 spiro atoms. The van der Waals surface area contributed by atoms with Crippen LogP contribution in [0.15, 0.2) is 42.5 Å². The van der Waals surface area contributed by atoms with Gasteiger partial charge in [0.05, 0.1) is 0 Å². The van der Waals surface area contributed by atoms with E-state index in [1.54, 1.807) is 0 Å². The summed E-state index contributed by atoms with van der Waals surface area (Å²) in [5, 5.41) is 0. The van der Waals surface area contributed by atoms with Crippen LogP contribution in [0.2, 0.25) is 0 Å². The molecule has 2 aromatic carbocycles. The van der Waals surface area contributed by atoms with Crippen LogP contribution in [0.25, 0.3) is 6.08 Å². The maximum atomic E-state index is 2.29. The molecule has 0 atom stereocenters. The van der Waals surface area contributed by atoms with Crippen LogP contribution in [-0.2, 0) is 6.42 Å². The Kier molecular flexibility index (Phi) is 4.21. The van der Waals surface area contributed by atoms with Gasteiger partial charge in [-0.2, -0.15) is 0 Å². The first-order valence-electron chi connectivity index (χ1n) is 6.87. The average molecular weight is 250 g/mol. The summed E-state index contributed by atoms with van der Waals surface area (Å²) >= 11 is 0. The zero-order valence-electron chi connectivity index (χ0n) is 12.3. The third-order valence-electron chi connectivity index (χ3n) is 3.95. The first kappa shape index (κ1) is 13.6. The Labute approximate surface area is 116 Å². The molecule has 0 saturated heterocycles. The predicted molar refractivity (Wildman–Crippen MR) is 84.6 cm³/mol. The highest BCUT2D eigenvalue weighted by Crippen LogP contribution is 2.22. The molecule has 0 aliphatic heterocycles. The van der Waals surface area contributed by atoms with Gasteiger partial charge in [0.2, 0.25) is 0 Å². The van der Waals surface area contributed by atoms with Crippen molar-refractivity contribution in [2.45, 2.75) is 34.1 Å². The van der Waals surface area contributed by atoms with Crippen molar-refractivity contribution in [1.82, 2.24) is 0 Å². The second-order valence-corrected chi connectivity index (χ2v) is 5.26. The van der Waals surface area contributed by atoms with Gasteiger partial charge in [-0.05, 0) is 67.5 Å². The molecule has 0 heterocycles. The van der Waals surface area contributed by atoms with Crippen LogP contribution < -0.4 is 0 Å². The van der Waals surface area contributed by atoms with Crippen LogP contribution in [0.3, 0.4) is 0 Å². The average Bonchev–Trinajstić information content (AvgIpc) is 2.42. The number of rotatable bonds is 3. The van der Waals surface area contributed by atoms with Gasteiger partial charge in [-0.1, -0.05) is 48.6 Å². The molecule has 0 nitrogen and oxygen atoms in total. The largest absolute Gasteiger partial charge is 0.0795 e. The minimum atomic E-state index is 1.01. The Balaban J connectivity index is 2.23. The van der Waals surface area contributed by atoms with Crippen molar-refractivity contribution in [2.24, 2.45) is 0 Å². The van der Waals surface area contributed by atoms with Gasteiger partial charge in [0.25, 0.3) is 0 Å². The molecule has 0 amide bonds. The highest BCUT2D eigenvalue weighted by molar-refractivity contribution is 5.51. The fourth-order valence-corrected chi connectivity index (χ4v) is 2.48. The van der Waals surface area contributed by atoms with E-state index in [4.69, 9.17) is 0 Å². The maximum Gasteiger partial charge on any atom is -0.00887 e. The molecule has 2 rings (SSSR count). The Bertz CT molecular complexity index is 563. The van der Waals surface area contributed by atoms with E-state index in [0.717, 1.165) is 6.42 Å². The van der Waals surface area contributed by atoms with Crippen molar-refractivity contribution < 1.29 is 0 Å². The first-order valence-corrected chi connectivity index (χ1v) is 6.87. The third kappa shape index (κ3) is 3.14. The zero-order chi connectivity index (χ0) is 13.8. The fraction of sp³-hybridized carbons (Fsp3) is 0.263. The number of hydrogen-bond acceptors (Lipinski definition) is 0. The molecule has 0 aliphatic rings. The maximum absolute atomic E-state index is 2.29. The van der Waals surface area contributed by atoms with E-state index in [9.17, 15) is 0 Å². The van der Waals surface area contributed by atoms with Gasteiger partial charge in [-0.25, -0.2) is 0 Å². The van der Waals surface area contributed by atoms with Crippen molar-refractivity contribution >= 4 is 6.08 Å². The van der Waals surface area contributed by atoms with E-state index in [1.165, 1.54) is 33.4 Å². The van der Waals surface area contributed by atoms with Crippen LogP contribution in [-0.4, -0.2) is 0 Å². The first-order chi connectivity index (χ1) is 9.09. The minimum Gasteiger partial charge on any atom is -0.0795 e. The monoisotopic (exact) mass is 250 g/mol. The summed E-state index contributed by atoms with van der Waals surface area (Å²) < 4.78 is 0. The fourth-order valence-electron chi connectivity index (χ4n) is 2.48. The highest BCUT2D eigenvalue weighted by atomic mass is 14.1. The molecular weight excluding hydrogens is 228 g/mol. The molecule has 0 saturated carbocycles. The van der Waals surface area contributed by atoms with E-state index in [-0.39, 0.29) is 0 Å². The molecule has 0 radical (unpaired) electrons. The molecule has 19 heavy (non-hydrogen) atoms. The van der Waals surface area contributed by atoms with E-state index >= 15 is 0 Å². The molecule has 98 valence electrons. The number of hydrogen-bond donors (Lipinski definition) is 0. The third-order valence-corrected chi connectivity index (χ3v) is 3.95. The second kappa shape index (κ2) is 5.88. The molecule has 0 aliphatic carbocycles. The van der Waals surface area contributed by atoms with Crippen molar-refractivity contribution in [1.29, 1.82) is 0 Å². The lowest BCUT2D eigenvalue weighted by Crippen LogP contribution is -1.98. The van der Waals surface area contributed by atoms with Crippen LogP contribution in [0.1, 0.15) is 33.4 Å². The van der Waals surface area contributed by atoms with E-state index in [0.29, 0.717) is 0 Å². The van der Waals surface area contributed by atoms with Crippen LogP contribution >= 0.6 is 0 Å². The Hall–Kier alpha value is -1.82. The zero-order valence-corrected chi connectivity index (χ0v) is 12.3. The van der Waals surface area contributed by atoms with Gasteiger partial charge in [0.1, 0.15) is 0 Å². The van der Waals surface area contributed by atoms with E-state index in [1.807, 2.05) is 0 Å². The Morgan fingerprint density at radius 3 is 2.00 bits per heavy atom. The number of benzene rings is 2. The summed E-state index contributed by atoms with van der Waals surface area (Å²) in [6.45, 7) is 8.86. The smallest absolute Gasteiger partial charge is 0.00887 e. The van der Waals surface area contributed by atoms with Crippen LogP contribution in [0.4, 0.5) is 0 Å². The van der Waals surface area contributed by atoms with Crippen LogP contribution in [0, 0.1) is 27.7 Å². The van der Waals surface area contributed by atoms with Gasteiger partial charge >= 0.3 is 0 Å². The van der Waals surface area contributed by atoms with E-state index in [2.05, 4.69) is 76.2 Å². The summed E-state index contributed by atoms with van der Waals surface area (Å²) in [5.74, 6) is 0. The van der Waals surface area contributed by atoms with Crippen molar-refractivity contribution in [3.05, 3.63) is 75.9 Å². The Morgan fingerprint density at radius 2 is 1.42 bits per heavy atom. The molecule has 2 aromatic rings. The van der Waals surface area contributed by atoms with Crippen molar-refractivity contribution in [3.63, 3.8) is 0 Å². The lowest BCUT2D eigenvalue weighted by molar-refractivity contribution is 1.12. The SMILES string of the molecule is Cc1cc(C)c(C)c(C/C=C/c2ccccc2)c1C. The second-order valence-electron chi connectivity index (χ2n) is 5.26. The van der Waals surface area contributed by atoms with Gasteiger partial charge in [0.15, 0.2) is 0 Å². The molecular formula is C19H22. The van der Waals surface area contributed by atoms with Crippen molar-refractivity contribution in [2.75, 3.05) is 0 Å². The Morgan fingerprint density at radius 1 is 0.842 bits per heavy atom. The minimum absolute atomic E-state index is 1.01. The quantitative estimate of drug-likeness (QED) is 0.704. The molecule has 0 fully saturated rings. The topological polar surface area (TPSA) is 0 Å². The summed E-state index contributed by atoms with van der Waals surface area (Å²) in [6, 6.07) is 12.8. The standard InChI is InChI=1S/C19H22/c1-14-13-15(2)17(4)19(16(14)3)12-8-11-18-9-6-5-7-10-18/h5-11,13H,12H2,1-4H3/b11-8+. The molecule has 0 bridgehead atoms. The predicted octanol–water partition coefficient (Wildman–Crippen LogP) is 5.18. The van der Waals surface area contributed by atoms with Crippen molar-refractivity contribution in [3.8, 4) is 0 Å². The van der Waals surface area contributed by atoms with E-state index < -0.39 is 0 Å². The highest BCUT2D eigenvalue weighted by Gasteiger charge is 2.06. The lowest BCUT2D eigenvalue weighted by atomic mass is 9.92. The summed E-state index contributed by atoms with van der Waals surface area (Å²) in [5.41, 5.74) is 8.39. The van der Waals surface area contributed by atoms with Gasteiger partial charge in [-0.15, -0.1) is 0 Å². The molecule has 0 unspecified atom stereocenters. The van der Waals surface area contributed by atoms with Gasteiger partial charge in [0, 0.05) is 0 Å². The van der Waals surface area contributed by atoms with Gasteiger partial charge < -0.3 is 0 Å². The number of aryl methyl sites for hydroxylation is 2. The lowest BCUT2D eigenvalue weighted by Gasteiger charge is -2.13. The van der Waals surface area contributed by atoms with Gasteiger partial charge in [-0.3, -0.25) is 0 Å².